The summed E-state index contributed by atoms with van der Waals surface area (Å²) >= 11 is 0. The summed E-state index contributed by atoms with van der Waals surface area (Å²) in [6, 6.07) is 95.8. The normalized spacial score (nSPS) is 12.0. The van der Waals surface area contributed by atoms with E-state index in [0.29, 0.717) is 0 Å². The molecule has 356 valence electrons. The molecule has 0 saturated carbocycles. The van der Waals surface area contributed by atoms with Crippen LogP contribution < -0.4 is 15.0 Å². The number of benzene rings is 14. The quantitative estimate of drug-likeness (QED) is 0.105. The van der Waals surface area contributed by atoms with E-state index in [1.165, 1.54) is 108 Å². The smallest absolute Gasteiger partial charge is 0.0775 e. The first-order valence-corrected chi connectivity index (χ1v) is 29.7. The van der Waals surface area contributed by atoms with Gasteiger partial charge in [-0.15, -0.1) is 0 Å². The summed E-state index contributed by atoms with van der Waals surface area (Å²) in [7, 11) is -1.61. The maximum absolute atomic E-state index is 2.53. The highest BCUT2D eigenvalue weighted by Crippen LogP contribution is 2.53. The van der Waals surface area contributed by atoms with E-state index in [-0.39, 0.29) is 0 Å². The molecule has 0 unspecified atom stereocenters. The lowest BCUT2D eigenvalue weighted by molar-refractivity contribution is 1.29. The molecule has 0 spiro atoms. The molecule has 2 nitrogen and oxygen atoms in total. The fourth-order valence-corrected chi connectivity index (χ4v) is 13.1. The average molecular weight is 975 g/mol. The minimum absolute atomic E-state index is 1.11. The lowest BCUT2D eigenvalue weighted by atomic mass is 9.84. The Labute approximate surface area is 439 Å². The Morgan fingerprint density at radius 2 is 0.640 bits per heavy atom. The van der Waals surface area contributed by atoms with Gasteiger partial charge in [-0.1, -0.05) is 225 Å². The SMILES string of the molecule is Cc1ccc(N(c2ccc3ccccc3c2)c2cc(-c3cccc4ccccc34)c3ccc4c(N(c5ccc([Si](C)(C)C)cc5)c5ccc6ccccc6c5)cc(-c5cccc6ccccc56)c5ccc2c3c54)cc1. The van der Waals surface area contributed by atoms with Crippen LogP contribution in [-0.4, -0.2) is 8.07 Å². The Kier molecular flexibility index (Phi) is 10.5. The average Bonchev–Trinajstić information content (AvgIpc) is 3.51. The van der Waals surface area contributed by atoms with Crippen LogP contribution in [0.4, 0.5) is 34.1 Å². The van der Waals surface area contributed by atoms with Crippen LogP contribution in [0.25, 0.3) is 97.7 Å². The molecule has 3 heteroatoms. The van der Waals surface area contributed by atoms with Crippen LogP contribution >= 0.6 is 0 Å². The zero-order valence-corrected chi connectivity index (χ0v) is 43.6. The molecule has 0 fully saturated rings. The third-order valence-corrected chi connectivity index (χ3v) is 17.8. The molecule has 0 radical (unpaired) electrons. The first-order valence-electron chi connectivity index (χ1n) is 26.2. The van der Waals surface area contributed by atoms with Gasteiger partial charge >= 0.3 is 0 Å². The number of nitrogens with zero attached hydrogens (tertiary/aromatic N) is 2. The topological polar surface area (TPSA) is 6.48 Å². The van der Waals surface area contributed by atoms with Crippen LogP contribution in [0, 0.1) is 6.92 Å². The van der Waals surface area contributed by atoms with E-state index in [2.05, 4.69) is 291 Å². The van der Waals surface area contributed by atoms with Gasteiger partial charge in [0, 0.05) is 44.3 Å². The molecule has 14 rings (SSSR count). The molecule has 14 aromatic carbocycles. The van der Waals surface area contributed by atoms with Crippen molar-refractivity contribution in [3.63, 3.8) is 0 Å². The Balaban J connectivity index is 1.16. The number of anilines is 6. The van der Waals surface area contributed by atoms with Crippen LogP contribution in [-0.2, 0) is 0 Å². The van der Waals surface area contributed by atoms with E-state index in [9.17, 15) is 0 Å². The molecule has 0 aromatic heterocycles. The second-order valence-electron chi connectivity index (χ2n) is 21.4. The van der Waals surface area contributed by atoms with Gasteiger partial charge in [-0.3, -0.25) is 0 Å². The Hall–Kier alpha value is -9.02. The van der Waals surface area contributed by atoms with E-state index in [0.717, 1.165) is 34.1 Å². The van der Waals surface area contributed by atoms with Gasteiger partial charge < -0.3 is 9.80 Å². The molecule has 14 aromatic rings. The summed E-state index contributed by atoms with van der Waals surface area (Å²) < 4.78 is 0. The van der Waals surface area contributed by atoms with Crippen molar-refractivity contribution in [2.24, 2.45) is 0 Å². The Morgan fingerprint density at radius 3 is 1.09 bits per heavy atom. The minimum atomic E-state index is -1.61. The Morgan fingerprint density at radius 1 is 0.267 bits per heavy atom. The summed E-state index contributed by atoms with van der Waals surface area (Å²) in [6.45, 7) is 9.47. The summed E-state index contributed by atoms with van der Waals surface area (Å²) in [6.07, 6.45) is 0. The van der Waals surface area contributed by atoms with Crippen molar-refractivity contribution in [2.75, 3.05) is 9.80 Å². The lowest BCUT2D eigenvalue weighted by Gasteiger charge is -2.31. The highest BCUT2D eigenvalue weighted by molar-refractivity contribution is 6.88. The van der Waals surface area contributed by atoms with Crippen LogP contribution in [0.15, 0.2) is 255 Å². The predicted octanol–water partition coefficient (Wildman–Crippen LogP) is 20.3. The lowest BCUT2D eigenvalue weighted by Crippen LogP contribution is -2.37. The summed E-state index contributed by atoms with van der Waals surface area (Å²) in [5, 5.41) is 18.5. The van der Waals surface area contributed by atoms with Crippen molar-refractivity contribution in [1.29, 1.82) is 0 Å². The van der Waals surface area contributed by atoms with Crippen LogP contribution in [0.2, 0.25) is 19.6 Å². The second kappa shape index (κ2) is 17.6. The van der Waals surface area contributed by atoms with Crippen molar-refractivity contribution in [2.45, 2.75) is 26.6 Å². The molecule has 0 bridgehead atoms. The number of hydrogen-bond donors (Lipinski definition) is 0. The molecule has 0 aliphatic rings. The molecular formula is C72H54N2Si. The summed E-state index contributed by atoms with van der Waals surface area (Å²) in [4.78, 5) is 5.03. The molecule has 0 atom stereocenters. The van der Waals surface area contributed by atoms with Crippen molar-refractivity contribution in [3.05, 3.63) is 260 Å². The first kappa shape index (κ1) is 44.7. The highest BCUT2D eigenvalue weighted by atomic mass is 28.3. The van der Waals surface area contributed by atoms with Gasteiger partial charge in [-0.25, -0.2) is 0 Å². The monoisotopic (exact) mass is 974 g/mol. The molecule has 0 heterocycles. The molecule has 75 heavy (non-hydrogen) atoms. The van der Waals surface area contributed by atoms with Crippen molar-refractivity contribution >= 4 is 123 Å². The zero-order valence-electron chi connectivity index (χ0n) is 42.6. The molecule has 0 aliphatic heterocycles. The molecule has 0 aliphatic carbocycles. The predicted molar refractivity (Wildman–Crippen MR) is 328 cm³/mol. The maximum Gasteiger partial charge on any atom is 0.0775 e. The van der Waals surface area contributed by atoms with E-state index in [4.69, 9.17) is 0 Å². The van der Waals surface area contributed by atoms with E-state index in [1.807, 2.05) is 0 Å². The van der Waals surface area contributed by atoms with Gasteiger partial charge in [0.2, 0.25) is 0 Å². The van der Waals surface area contributed by atoms with Gasteiger partial charge in [-0.05, 0) is 144 Å². The summed E-state index contributed by atoms with van der Waals surface area (Å²) in [5.41, 5.74) is 12.8. The third-order valence-electron chi connectivity index (χ3n) is 15.8. The van der Waals surface area contributed by atoms with Gasteiger partial charge in [0.1, 0.15) is 0 Å². The van der Waals surface area contributed by atoms with Crippen LogP contribution in [0.5, 0.6) is 0 Å². The van der Waals surface area contributed by atoms with Gasteiger partial charge in [0.05, 0.1) is 19.4 Å². The largest absolute Gasteiger partial charge is 0.310 e. The van der Waals surface area contributed by atoms with Gasteiger partial charge in [0.15, 0.2) is 0 Å². The fraction of sp³-hybridized carbons (Fsp3) is 0.0556. The zero-order chi connectivity index (χ0) is 50.4. The van der Waals surface area contributed by atoms with E-state index in [1.54, 1.807) is 0 Å². The molecule has 0 N–H and O–H groups in total. The van der Waals surface area contributed by atoms with Crippen LogP contribution in [0.3, 0.4) is 0 Å². The van der Waals surface area contributed by atoms with Gasteiger partial charge in [0.25, 0.3) is 0 Å². The van der Waals surface area contributed by atoms with Crippen molar-refractivity contribution in [1.82, 2.24) is 0 Å². The Bertz CT molecular complexity index is 4520. The fourth-order valence-electron chi connectivity index (χ4n) is 12.0. The number of aryl methyl sites for hydroxylation is 1. The van der Waals surface area contributed by atoms with Gasteiger partial charge in [-0.2, -0.15) is 0 Å². The minimum Gasteiger partial charge on any atom is -0.310 e. The second-order valence-corrected chi connectivity index (χ2v) is 26.5. The van der Waals surface area contributed by atoms with Crippen LogP contribution in [0.1, 0.15) is 5.56 Å². The number of fused-ring (bicyclic) bond motifs is 4. The van der Waals surface area contributed by atoms with Crippen molar-refractivity contribution in [3.8, 4) is 22.3 Å². The number of rotatable bonds is 9. The highest BCUT2D eigenvalue weighted by Gasteiger charge is 2.27. The third kappa shape index (κ3) is 7.53. The number of hydrogen-bond acceptors (Lipinski definition) is 2. The molecule has 0 amide bonds. The van der Waals surface area contributed by atoms with E-state index >= 15 is 0 Å². The molecule has 0 saturated heterocycles. The van der Waals surface area contributed by atoms with E-state index < -0.39 is 8.07 Å². The standard InChI is InChI=1S/C72H54N2Si/c1-47-27-31-54(32-28-47)73(56-33-29-48-15-5-7-19-52(48)43-56)69-45-67(61-25-13-21-50-17-9-11-23-59(50)61)63-40-42-66-70(46-68(64-39-41-65(69)71(63)72(64)66)62-26-14-22-51-18-10-12-24-60(51)62)74(55-35-37-58(38-36-55)75(2,3)4)57-34-30-49-16-6-8-20-53(49)44-57/h5-46H,1-4H3. The van der Waals surface area contributed by atoms with Crippen molar-refractivity contribution < 1.29 is 0 Å². The maximum atomic E-state index is 2.53. The summed E-state index contributed by atoms with van der Waals surface area (Å²) in [5.74, 6) is 0. The molecular weight excluding hydrogens is 921 g/mol. The first-order chi connectivity index (χ1) is 36.7.